The van der Waals surface area contributed by atoms with E-state index in [0.29, 0.717) is 48.2 Å². The molecule has 7 heteroatoms. The van der Waals surface area contributed by atoms with E-state index in [9.17, 15) is 4.79 Å². The van der Waals surface area contributed by atoms with Crippen molar-refractivity contribution in [3.8, 4) is 17.2 Å². The average molecular weight is 379 g/mol. The summed E-state index contributed by atoms with van der Waals surface area (Å²) in [6.45, 7) is 1.09. The number of amides is 1. The topological polar surface area (TPSA) is 90.8 Å². The minimum atomic E-state index is -0.367. The van der Waals surface area contributed by atoms with E-state index >= 15 is 0 Å². The van der Waals surface area contributed by atoms with Crippen LogP contribution >= 0.6 is 0 Å². The number of methoxy groups -OCH3 is 1. The van der Waals surface area contributed by atoms with Crippen LogP contribution in [-0.4, -0.2) is 29.6 Å². The number of nitrogens with two attached hydrogens (primary N) is 1. The van der Waals surface area contributed by atoms with Crippen LogP contribution in [0.5, 0.6) is 5.75 Å². The molecule has 2 N–H and O–H groups in total. The lowest BCUT2D eigenvalue weighted by atomic mass is 10.1. The van der Waals surface area contributed by atoms with Gasteiger partial charge in [0.05, 0.1) is 30.6 Å². The minimum Gasteiger partial charge on any atom is -0.494 e. The number of benzene rings is 2. The second-order valence-corrected chi connectivity index (χ2v) is 6.53. The number of anilines is 1. The van der Waals surface area contributed by atoms with Gasteiger partial charge in [-0.05, 0) is 17.7 Å². The number of para-hydroxylation sites is 1. The summed E-state index contributed by atoms with van der Waals surface area (Å²) in [6.07, 6.45) is 0.234. The summed E-state index contributed by atoms with van der Waals surface area (Å²) in [4.78, 5) is 18.6. The number of oxazole rings is 1. The zero-order valence-electron chi connectivity index (χ0n) is 15.6. The number of nitrogen functional groups attached to an aromatic ring is 1. The molecule has 0 saturated carbocycles. The summed E-state index contributed by atoms with van der Waals surface area (Å²) in [5, 5.41) is 0. The second-order valence-electron chi connectivity index (χ2n) is 6.53. The van der Waals surface area contributed by atoms with Gasteiger partial charge in [0.2, 0.25) is 5.89 Å². The van der Waals surface area contributed by atoms with Gasteiger partial charge >= 0.3 is 6.09 Å². The number of carbonyl (C=O) groups excluding carboxylic acids is 1. The highest BCUT2D eigenvalue weighted by Gasteiger charge is 2.27. The molecule has 7 nitrogen and oxygen atoms in total. The molecule has 0 bridgehead atoms. The SMILES string of the molecule is COc1c(N)cccc1-c1nc2c(o1)CN(C(=O)OCc1ccccc1)CC2. The molecule has 1 aliphatic heterocycles. The number of fused-ring (bicyclic) bond motifs is 1. The zero-order chi connectivity index (χ0) is 19.5. The van der Waals surface area contributed by atoms with Crippen molar-refractivity contribution in [2.75, 3.05) is 19.4 Å². The van der Waals surface area contributed by atoms with Crippen LogP contribution in [0.4, 0.5) is 10.5 Å². The van der Waals surface area contributed by atoms with E-state index in [1.165, 1.54) is 0 Å². The van der Waals surface area contributed by atoms with Gasteiger partial charge in [-0.2, -0.15) is 0 Å². The van der Waals surface area contributed by atoms with Crippen LogP contribution in [0.25, 0.3) is 11.5 Å². The number of nitrogens with zero attached hydrogens (tertiary/aromatic N) is 2. The molecular formula is C21H21N3O4. The maximum absolute atomic E-state index is 12.4. The molecule has 1 aromatic heterocycles. The van der Waals surface area contributed by atoms with Gasteiger partial charge in [-0.1, -0.05) is 36.4 Å². The third-order valence-electron chi connectivity index (χ3n) is 4.67. The number of ether oxygens (including phenoxy) is 2. The fraction of sp³-hybridized carbons (Fsp3) is 0.238. The van der Waals surface area contributed by atoms with Crippen LogP contribution in [0.1, 0.15) is 17.0 Å². The Hall–Kier alpha value is -3.48. The van der Waals surface area contributed by atoms with Gasteiger partial charge in [0.25, 0.3) is 0 Å². The van der Waals surface area contributed by atoms with Crippen molar-refractivity contribution in [3.05, 3.63) is 65.5 Å². The molecule has 2 heterocycles. The molecule has 28 heavy (non-hydrogen) atoms. The fourth-order valence-corrected chi connectivity index (χ4v) is 3.23. The van der Waals surface area contributed by atoms with Crippen molar-refractivity contribution < 1.29 is 18.7 Å². The molecule has 0 aliphatic carbocycles. The number of carbonyl (C=O) groups is 1. The van der Waals surface area contributed by atoms with Crippen LogP contribution in [0.15, 0.2) is 52.9 Å². The second kappa shape index (κ2) is 7.64. The summed E-state index contributed by atoms with van der Waals surface area (Å²) < 4.78 is 16.7. The predicted octanol–water partition coefficient (Wildman–Crippen LogP) is 3.63. The molecular weight excluding hydrogens is 358 g/mol. The van der Waals surface area contributed by atoms with Crippen molar-refractivity contribution in [1.29, 1.82) is 0 Å². The first-order chi connectivity index (χ1) is 13.7. The summed E-state index contributed by atoms with van der Waals surface area (Å²) >= 11 is 0. The van der Waals surface area contributed by atoms with E-state index in [1.807, 2.05) is 42.5 Å². The summed E-state index contributed by atoms with van der Waals surface area (Å²) in [6, 6.07) is 15.0. The Balaban J connectivity index is 1.48. The van der Waals surface area contributed by atoms with E-state index in [4.69, 9.17) is 19.6 Å². The lowest BCUT2D eigenvalue weighted by molar-refractivity contribution is 0.0887. The molecule has 144 valence electrons. The number of aromatic nitrogens is 1. The van der Waals surface area contributed by atoms with E-state index < -0.39 is 0 Å². The lowest BCUT2D eigenvalue weighted by Gasteiger charge is -2.24. The maximum Gasteiger partial charge on any atom is 0.410 e. The average Bonchev–Trinajstić information content (AvgIpc) is 3.15. The minimum absolute atomic E-state index is 0.241. The highest BCUT2D eigenvalue weighted by molar-refractivity contribution is 5.73. The van der Waals surface area contributed by atoms with Crippen LogP contribution in [-0.2, 0) is 24.3 Å². The van der Waals surface area contributed by atoms with E-state index in [1.54, 1.807) is 18.1 Å². The van der Waals surface area contributed by atoms with Crippen molar-refractivity contribution in [1.82, 2.24) is 9.88 Å². The summed E-state index contributed by atoms with van der Waals surface area (Å²) in [5.41, 5.74) is 8.96. The molecule has 0 radical (unpaired) electrons. The molecule has 2 aromatic carbocycles. The molecule has 0 unspecified atom stereocenters. The van der Waals surface area contributed by atoms with Crippen molar-refractivity contribution in [2.24, 2.45) is 0 Å². The summed E-state index contributed by atoms with van der Waals surface area (Å²) in [5.74, 6) is 1.62. The van der Waals surface area contributed by atoms with Gasteiger partial charge in [0.1, 0.15) is 12.4 Å². The van der Waals surface area contributed by atoms with Crippen molar-refractivity contribution in [2.45, 2.75) is 19.6 Å². The maximum atomic E-state index is 12.4. The van der Waals surface area contributed by atoms with Crippen LogP contribution in [0.2, 0.25) is 0 Å². The predicted molar refractivity (Wildman–Crippen MR) is 104 cm³/mol. The fourth-order valence-electron chi connectivity index (χ4n) is 3.23. The molecule has 1 aliphatic rings. The van der Waals surface area contributed by atoms with Gasteiger partial charge in [-0.25, -0.2) is 9.78 Å². The normalized spacial score (nSPS) is 13.1. The molecule has 0 spiro atoms. The Morgan fingerprint density at radius 2 is 2.04 bits per heavy atom. The highest BCUT2D eigenvalue weighted by atomic mass is 16.6. The Labute approximate surface area is 162 Å². The van der Waals surface area contributed by atoms with Gasteiger partial charge < -0.3 is 24.5 Å². The quantitative estimate of drug-likeness (QED) is 0.696. The summed E-state index contributed by atoms with van der Waals surface area (Å²) in [7, 11) is 1.56. The lowest BCUT2D eigenvalue weighted by Crippen LogP contribution is -2.36. The Kier molecular flexibility index (Phi) is 4.89. The van der Waals surface area contributed by atoms with Crippen molar-refractivity contribution >= 4 is 11.8 Å². The molecule has 0 saturated heterocycles. The molecule has 0 atom stereocenters. The molecule has 4 rings (SSSR count). The molecule has 3 aromatic rings. The smallest absolute Gasteiger partial charge is 0.410 e. The van der Waals surface area contributed by atoms with Gasteiger partial charge in [0.15, 0.2) is 5.75 Å². The van der Waals surface area contributed by atoms with Crippen LogP contribution in [0.3, 0.4) is 0 Å². The van der Waals surface area contributed by atoms with Crippen LogP contribution < -0.4 is 10.5 Å². The highest BCUT2D eigenvalue weighted by Crippen LogP contribution is 2.36. The van der Waals surface area contributed by atoms with Gasteiger partial charge in [-0.3, -0.25) is 0 Å². The third-order valence-corrected chi connectivity index (χ3v) is 4.67. The van der Waals surface area contributed by atoms with Crippen LogP contribution in [0, 0.1) is 0 Å². The van der Waals surface area contributed by atoms with Crippen molar-refractivity contribution in [3.63, 3.8) is 0 Å². The van der Waals surface area contributed by atoms with E-state index in [-0.39, 0.29) is 12.7 Å². The first kappa shape index (κ1) is 17.9. The first-order valence-corrected chi connectivity index (χ1v) is 9.02. The van der Waals surface area contributed by atoms with Gasteiger partial charge in [0, 0.05) is 13.0 Å². The molecule has 0 fully saturated rings. The Morgan fingerprint density at radius 1 is 1.21 bits per heavy atom. The largest absolute Gasteiger partial charge is 0.494 e. The monoisotopic (exact) mass is 379 g/mol. The number of hydrogen-bond acceptors (Lipinski definition) is 6. The molecule has 1 amide bonds. The van der Waals surface area contributed by atoms with E-state index in [2.05, 4.69) is 4.98 Å². The first-order valence-electron chi connectivity index (χ1n) is 9.02. The number of rotatable bonds is 4. The zero-order valence-corrected chi connectivity index (χ0v) is 15.6. The Bertz CT molecular complexity index is 985. The van der Waals surface area contributed by atoms with E-state index in [0.717, 1.165) is 11.3 Å². The standard InChI is InChI=1S/C21H21N3O4/c1-26-19-15(8-5-9-16(19)22)20-23-17-10-11-24(12-18(17)28-20)21(25)27-13-14-6-3-2-4-7-14/h2-9H,10-13,22H2,1H3. The van der Waals surface area contributed by atoms with Gasteiger partial charge in [-0.15, -0.1) is 0 Å². The third kappa shape index (κ3) is 3.51. The Morgan fingerprint density at radius 3 is 2.82 bits per heavy atom. The number of hydrogen-bond donors (Lipinski definition) is 1.